The smallest absolute Gasteiger partial charge is 0.272 e. The van der Waals surface area contributed by atoms with Crippen molar-refractivity contribution in [2.45, 2.75) is 0 Å². The Hall–Kier alpha value is -3.48. The molecule has 2 aromatic carbocycles. The third-order valence-electron chi connectivity index (χ3n) is 3.80. The van der Waals surface area contributed by atoms with E-state index in [1.54, 1.807) is 35.0 Å². The lowest BCUT2D eigenvalue weighted by atomic mass is 10.2. The maximum absolute atomic E-state index is 13.3. The molecule has 2 heterocycles. The Labute approximate surface area is 140 Å². The average molecular weight is 338 g/mol. The van der Waals surface area contributed by atoms with Gasteiger partial charge >= 0.3 is 0 Å². The molecule has 7 heteroatoms. The molecular weight excluding hydrogens is 326 g/mol. The van der Waals surface area contributed by atoms with Crippen molar-refractivity contribution in [1.82, 2.24) is 14.8 Å². The number of aromatic nitrogens is 3. The maximum Gasteiger partial charge on any atom is 0.272 e. The number of fused-ring (bicyclic) bond motifs is 1. The van der Waals surface area contributed by atoms with Crippen LogP contribution in [0, 0.1) is 11.6 Å². The van der Waals surface area contributed by atoms with Crippen LogP contribution in [-0.4, -0.2) is 20.7 Å². The maximum atomic E-state index is 13.3. The molecular formula is C18H12F2N4O. The standard InChI is InChI=1S/C18H12F2N4O/c19-11-3-1-4-13(9-11)21-18(25)16-5-2-8-24(16)17-14-7-6-12(20)10-15(14)22-23-17/h1-10H,(H,21,25)(H,22,23). The Kier molecular flexibility index (Phi) is 3.53. The fourth-order valence-electron chi connectivity index (χ4n) is 2.67. The van der Waals surface area contributed by atoms with Crippen LogP contribution in [0.3, 0.4) is 0 Å². The number of nitrogens with zero attached hydrogens (tertiary/aromatic N) is 2. The van der Waals surface area contributed by atoms with Gasteiger partial charge in [0.2, 0.25) is 0 Å². The highest BCUT2D eigenvalue weighted by atomic mass is 19.1. The van der Waals surface area contributed by atoms with Gasteiger partial charge in [-0.1, -0.05) is 6.07 Å². The van der Waals surface area contributed by atoms with Crippen LogP contribution < -0.4 is 5.32 Å². The van der Waals surface area contributed by atoms with E-state index in [0.717, 1.165) is 0 Å². The number of carbonyl (C=O) groups is 1. The quantitative estimate of drug-likeness (QED) is 0.595. The summed E-state index contributed by atoms with van der Waals surface area (Å²) in [4.78, 5) is 12.5. The van der Waals surface area contributed by atoms with Gasteiger partial charge in [0, 0.05) is 17.3 Å². The molecule has 0 spiro atoms. The van der Waals surface area contributed by atoms with E-state index in [-0.39, 0.29) is 5.82 Å². The lowest BCUT2D eigenvalue weighted by Crippen LogP contribution is -2.16. The number of halogens is 2. The van der Waals surface area contributed by atoms with E-state index in [4.69, 9.17) is 0 Å². The molecule has 4 rings (SSSR count). The predicted octanol–water partition coefficient (Wildman–Crippen LogP) is 3.88. The third kappa shape index (κ3) is 2.76. The summed E-state index contributed by atoms with van der Waals surface area (Å²) in [6.45, 7) is 0. The van der Waals surface area contributed by atoms with Crippen molar-refractivity contribution in [3.8, 4) is 5.82 Å². The van der Waals surface area contributed by atoms with Gasteiger partial charge in [-0.25, -0.2) is 8.78 Å². The summed E-state index contributed by atoms with van der Waals surface area (Å²) < 4.78 is 28.2. The number of amides is 1. The van der Waals surface area contributed by atoms with Crippen LogP contribution in [-0.2, 0) is 0 Å². The molecule has 0 fully saturated rings. The van der Waals surface area contributed by atoms with Crippen molar-refractivity contribution >= 4 is 22.5 Å². The molecule has 124 valence electrons. The van der Waals surface area contributed by atoms with E-state index in [1.807, 2.05) is 0 Å². The van der Waals surface area contributed by atoms with Gasteiger partial charge in [-0.05, 0) is 48.5 Å². The van der Waals surface area contributed by atoms with E-state index >= 15 is 0 Å². The molecule has 0 unspecified atom stereocenters. The summed E-state index contributed by atoms with van der Waals surface area (Å²) in [6, 6.07) is 13.2. The average Bonchev–Trinajstić information content (AvgIpc) is 3.20. The summed E-state index contributed by atoms with van der Waals surface area (Å²) in [7, 11) is 0. The minimum atomic E-state index is -0.437. The summed E-state index contributed by atoms with van der Waals surface area (Å²) in [5.74, 6) is -0.744. The van der Waals surface area contributed by atoms with E-state index in [1.165, 1.54) is 30.3 Å². The zero-order chi connectivity index (χ0) is 17.4. The molecule has 25 heavy (non-hydrogen) atoms. The van der Waals surface area contributed by atoms with Gasteiger partial charge in [0.05, 0.1) is 5.52 Å². The van der Waals surface area contributed by atoms with Crippen LogP contribution in [0.25, 0.3) is 16.7 Å². The normalized spacial score (nSPS) is 11.0. The van der Waals surface area contributed by atoms with Crippen LogP contribution in [0.1, 0.15) is 10.5 Å². The zero-order valence-corrected chi connectivity index (χ0v) is 12.8. The SMILES string of the molecule is O=C(Nc1cccc(F)c1)c1cccn1-c1n[nH]c2cc(F)ccc12. The summed E-state index contributed by atoms with van der Waals surface area (Å²) in [5.41, 5.74) is 1.20. The molecule has 2 aromatic heterocycles. The van der Waals surface area contributed by atoms with Crippen molar-refractivity contribution in [1.29, 1.82) is 0 Å². The van der Waals surface area contributed by atoms with E-state index in [2.05, 4.69) is 15.5 Å². The number of aromatic amines is 1. The molecule has 1 amide bonds. The van der Waals surface area contributed by atoms with Gasteiger partial charge in [-0.15, -0.1) is 0 Å². The van der Waals surface area contributed by atoms with Crippen molar-refractivity contribution in [3.05, 3.63) is 78.1 Å². The van der Waals surface area contributed by atoms with Gasteiger partial charge < -0.3 is 5.32 Å². The molecule has 0 aliphatic heterocycles. The van der Waals surface area contributed by atoms with E-state index < -0.39 is 11.7 Å². The third-order valence-corrected chi connectivity index (χ3v) is 3.80. The number of hydrogen-bond acceptors (Lipinski definition) is 2. The largest absolute Gasteiger partial charge is 0.321 e. The second-order valence-corrected chi connectivity index (χ2v) is 5.47. The van der Waals surface area contributed by atoms with E-state index in [9.17, 15) is 13.6 Å². The zero-order valence-electron chi connectivity index (χ0n) is 12.8. The highest BCUT2D eigenvalue weighted by Gasteiger charge is 2.16. The van der Waals surface area contributed by atoms with Crippen LogP contribution in [0.15, 0.2) is 60.8 Å². The molecule has 0 atom stereocenters. The number of anilines is 1. The first-order valence-corrected chi connectivity index (χ1v) is 7.50. The number of rotatable bonds is 3. The number of H-pyrrole nitrogens is 1. The number of carbonyl (C=O) groups excluding carboxylic acids is 1. The molecule has 0 aliphatic rings. The summed E-state index contributed by atoms with van der Waals surface area (Å²) in [6.07, 6.45) is 1.68. The topological polar surface area (TPSA) is 62.7 Å². The molecule has 2 N–H and O–H groups in total. The van der Waals surface area contributed by atoms with Crippen molar-refractivity contribution in [2.75, 3.05) is 5.32 Å². The lowest BCUT2D eigenvalue weighted by molar-refractivity contribution is 0.102. The Morgan fingerprint density at radius 1 is 1.04 bits per heavy atom. The van der Waals surface area contributed by atoms with Gasteiger partial charge in [0.15, 0.2) is 5.82 Å². The Morgan fingerprint density at radius 2 is 1.88 bits per heavy atom. The van der Waals surface area contributed by atoms with Gasteiger partial charge in [0.1, 0.15) is 17.3 Å². The highest BCUT2D eigenvalue weighted by Crippen LogP contribution is 2.22. The Balaban J connectivity index is 1.71. The monoisotopic (exact) mass is 338 g/mol. The molecule has 0 saturated carbocycles. The predicted molar refractivity (Wildman–Crippen MR) is 89.7 cm³/mol. The van der Waals surface area contributed by atoms with E-state index in [0.29, 0.717) is 28.1 Å². The summed E-state index contributed by atoms with van der Waals surface area (Å²) in [5, 5.41) is 10.2. The number of nitrogens with one attached hydrogen (secondary N) is 2. The van der Waals surface area contributed by atoms with Crippen molar-refractivity contribution < 1.29 is 13.6 Å². The number of benzene rings is 2. The van der Waals surface area contributed by atoms with Gasteiger partial charge in [0.25, 0.3) is 5.91 Å². The Bertz CT molecular complexity index is 1080. The minimum Gasteiger partial charge on any atom is -0.321 e. The minimum absolute atomic E-state index is 0.321. The molecule has 0 bridgehead atoms. The highest BCUT2D eigenvalue weighted by molar-refractivity contribution is 6.04. The van der Waals surface area contributed by atoms with Crippen molar-refractivity contribution in [3.63, 3.8) is 0 Å². The molecule has 4 aromatic rings. The first kappa shape index (κ1) is 15.1. The second kappa shape index (κ2) is 5.86. The molecule has 0 radical (unpaired) electrons. The summed E-state index contributed by atoms with van der Waals surface area (Å²) >= 11 is 0. The molecule has 0 aliphatic carbocycles. The number of hydrogen-bond donors (Lipinski definition) is 2. The van der Waals surface area contributed by atoms with Crippen LogP contribution in [0.5, 0.6) is 0 Å². The van der Waals surface area contributed by atoms with Crippen LogP contribution >= 0.6 is 0 Å². The fraction of sp³-hybridized carbons (Fsp3) is 0. The first-order valence-electron chi connectivity index (χ1n) is 7.50. The van der Waals surface area contributed by atoms with Crippen LogP contribution in [0.2, 0.25) is 0 Å². The Morgan fingerprint density at radius 3 is 2.72 bits per heavy atom. The van der Waals surface area contributed by atoms with Crippen LogP contribution in [0.4, 0.5) is 14.5 Å². The van der Waals surface area contributed by atoms with Gasteiger partial charge in [-0.2, -0.15) is 5.10 Å². The fourth-order valence-corrected chi connectivity index (χ4v) is 2.67. The molecule has 5 nitrogen and oxygen atoms in total. The van der Waals surface area contributed by atoms with Crippen molar-refractivity contribution in [2.24, 2.45) is 0 Å². The van der Waals surface area contributed by atoms with Gasteiger partial charge in [-0.3, -0.25) is 14.5 Å². The lowest BCUT2D eigenvalue weighted by Gasteiger charge is -2.08. The second-order valence-electron chi connectivity index (χ2n) is 5.47. The molecule has 0 saturated heterocycles. The first-order chi connectivity index (χ1) is 12.1.